The van der Waals surface area contributed by atoms with Crippen LogP contribution in [0.4, 0.5) is 4.39 Å². The Hall–Kier alpha value is -2.66. The van der Waals surface area contributed by atoms with E-state index in [2.05, 4.69) is 0 Å². The summed E-state index contributed by atoms with van der Waals surface area (Å²) in [6, 6.07) is 13.1. The second-order valence-corrected chi connectivity index (χ2v) is 7.06. The van der Waals surface area contributed by atoms with E-state index in [9.17, 15) is 14.0 Å². The third-order valence-corrected chi connectivity index (χ3v) is 5.18. The molecule has 6 heteroatoms. The largest absolute Gasteiger partial charge is 0.466 e. The number of benzene rings is 2. The molecule has 0 aromatic heterocycles. The van der Waals surface area contributed by atoms with Gasteiger partial charge in [0.05, 0.1) is 19.2 Å². The van der Waals surface area contributed by atoms with Gasteiger partial charge in [-0.2, -0.15) is 0 Å². The Morgan fingerprint density at radius 2 is 1.82 bits per heavy atom. The highest BCUT2D eigenvalue weighted by Crippen LogP contribution is 2.39. The first-order valence-corrected chi connectivity index (χ1v) is 9.44. The van der Waals surface area contributed by atoms with Crippen LogP contribution < -0.4 is 0 Å². The summed E-state index contributed by atoms with van der Waals surface area (Å²) in [6.07, 6.45) is 0.637. The average molecular weight is 402 g/mol. The third kappa shape index (κ3) is 4.09. The predicted octanol–water partition coefficient (Wildman–Crippen LogP) is 4.83. The maximum Gasteiger partial charge on any atom is 0.336 e. The molecule has 2 aromatic carbocycles. The molecule has 0 N–H and O–H groups in total. The molecule has 1 heterocycles. The Bertz CT molecular complexity index is 906. The van der Waals surface area contributed by atoms with Crippen molar-refractivity contribution in [2.45, 2.75) is 32.2 Å². The number of halogens is 2. The molecule has 0 spiro atoms. The van der Waals surface area contributed by atoms with E-state index in [0.29, 0.717) is 22.7 Å². The van der Waals surface area contributed by atoms with Crippen molar-refractivity contribution in [1.29, 1.82) is 0 Å². The molecule has 0 fully saturated rings. The van der Waals surface area contributed by atoms with Crippen LogP contribution in [-0.4, -0.2) is 23.9 Å². The number of hydrogen-bond acceptors (Lipinski definition) is 3. The molecular weight excluding hydrogens is 381 g/mol. The van der Waals surface area contributed by atoms with Gasteiger partial charge in [0, 0.05) is 23.1 Å². The zero-order chi connectivity index (χ0) is 20.3. The topological polar surface area (TPSA) is 46.6 Å². The molecule has 1 atom stereocenters. The van der Waals surface area contributed by atoms with Crippen LogP contribution in [0.25, 0.3) is 0 Å². The van der Waals surface area contributed by atoms with Crippen molar-refractivity contribution >= 4 is 23.5 Å². The summed E-state index contributed by atoms with van der Waals surface area (Å²) in [6.45, 7) is 2.17. The van der Waals surface area contributed by atoms with Crippen LogP contribution >= 0.6 is 11.6 Å². The van der Waals surface area contributed by atoms with Gasteiger partial charge in [0.2, 0.25) is 5.91 Å². The predicted molar refractivity (Wildman–Crippen MR) is 105 cm³/mol. The second kappa shape index (κ2) is 8.57. The van der Waals surface area contributed by atoms with Crippen LogP contribution in [0.3, 0.4) is 0 Å². The Labute approximate surface area is 168 Å². The first-order valence-electron chi connectivity index (χ1n) is 9.06. The Morgan fingerprint density at radius 3 is 2.39 bits per heavy atom. The lowest BCUT2D eigenvalue weighted by Crippen LogP contribution is -2.38. The quantitative estimate of drug-likeness (QED) is 0.674. The van der Waals surface area contributed by atoms with Crippen LogP contribution in [0.2, 0.25) is 5.02 Å². The fourth-order valence-electron chi connectivity index (χ4n) is 3.57. The summed E-state index contributed by atoms with van der Waals surface area (Å²) >= 11 is 5.98. The molecule has 0 unspecified atom stereocenters. The van der Waals surface area contributed by atoms with Crippen molar-refractivity contribution in [2.24, 2.45) is 0 Å². The molecule has 146 valence electrons. The molecule has 0 saturated carbocycles. The fraction of sp³-hybridized carbons (Fsp3) is 0.273. The molecule has 0 saturated heterocycles. The van der Waals surface area contributed by atoms with E-state index < -0.39 is 11.9 Å². The van der Waals surface area contributed by atoms with Crippen molar-refractivity contribution < 1.29 is 18.7 Å². The molecule has 1 aliphatic heterocycles. The number of hydrogen-bond donors (Lipinski definition) is 0. The molecule has 0 radical (unpaired) electrons. The van der Waals surface area contributed by atoms with E-state index in [1.807, 2.05) is 19.1 Å². The Balaban J connectivity index is 2.05. The van der Waals surface area contributed by atoms with Gasteiger partial charge < -0.3 is 9.64 Å². The van der Waals surface area contributed by atoms with Gasteiger partial charge >= 0.3 is 5.97 Å². The first kappa shape index (κ1) is 20.1. The second-order valence-electron chi connectivity index (χ2n) is 6.62. The minimum atomic E-state index is -0.451. The van der Waals surface area contributed by atoms with Gasteiger partial charge in [0.1, 0.15) is 5.82 Å². The van der Waals surface area contributed by atoms with Crippen molar-refractivity contribution in [3.63, 3.8) is 0 Å². The maximum absolute atomic E-state index is 13.2. The molecule has 2 aromatic rings. The summed E-state index contributed by atoms with van der Waals surface area (Å²) in [5.74, 6) is -1.27. The van der Waals surface area contributed by atoms with Crippen LogP contribution in [0.15, 0.2) is 59.8 Å². The highest BCUT2D eigenvalue weighted by atomic mass is 35.5. The SMILES string of the molecule is CCC1=C(C(=O)OC)[C@@H](c2ccc(Cl)cc2)CC(=O)N1Cc1ccc(F)cc1. The Kier molecular flexibility index (Phi) is 6.15. The molecule has 1 aliphatic rings. The molecule has 4 nitrogen and oxygen atoms in total. The van der Waals surface area contributed by atoms with Gasteiger partial charge in [-0.15, -0.1) is 0 Å². The van der Waals surface area contributed by atoms with Gasteiger partial charge in [-0.25, -0.2) is 9.18 Å². The molecular formula is C22H21ClFNO3. The first-order chi connectivity index (χ1) is 13.4. The highest BCUT2D eigenvalue weighted by molar-refractivity contribution is 6.30. The van der Waals surface area contributed by atoms with E-state index in [-0.39, 0.29) is 24.7 Å². The zero-order valence-electron chi connectivity index (χ0n) is 15.7. The summed E-state index contributed by atoms with van der Waals surface area (Å²) in [5.41, 5.74) is 2.74. The minimum Gasteiger partial charge on any atom is -0.466 e. The van der Waals surface area contributed by atoms with Crippen molar-refractivity contribution in [3.05, 3.63) is 81.8 Å². The summed E-state index contributed by atoms with van der Waals surface area (Å²) in [7, 11) is 1.34. The lowest BCUT2D eigenvalue weighted by Gasteiger charge is -2.35. The van der Waals surface area contributed by atoms with Crippen LogP contribution in [0, 0.1) is 5.82 Å². The standard InChI is InChI=1S/C22H21ClFNO3/c1-3-19-21(22(27)28-2)18(15-6-8-16(23)9-7-15)12-20(26)25(19)13-14-4-10-17(24)11-5-14/h4-11,18H,3,12-13H2,1-2H3/t18-/m1/s1. The van der Waals surface area contributed by atoms with Gasteiger partial charge in [-0.3, -0.25) is 4.79 Å². The lowest BCUT2D eigenvalue weighted by atomic mass is 9.83. The summed E-state index contributed by atoms with van der Waals surface area (Å²) < 4.78 is 18.2. The molecule has 0 bridgehead atoms. The van der Waals surface area contributed by atoms with Gasteiger partial charge in [-0.1, -0.05) is 42.8 Å². The average Bonchev–Trinajstić information content (AvgIpc) is 2.70. The Morgan fingerprint density at radius 1 is 1.18 bits per heavy atom. The fourth-order valence-corrected chi connectivity index (χ4v) is 3.70. The van der Waals surface area contributed by atoms with Crippen LogP contribution in [0.5, 0.6) is 0 Å². The molecule has 0 aliphatic carbocycles. The van der Waals surface area contributed by atoms with Gasteiger partial charge in [0.15, 0.2) is 0 Å². The van der Waals surface area contributed by atoms with Gasteiger partial charge in [0.25, 0.3) is 0 Å². The number of rotatable bonds is 5. The van der Waals surface area contributed by atoms with E-state index in [0.717, 1.165) is 11.1 Å². The number of allylic oxidation sites excluding steroid dienone is 1. The number of nitrogens with zero attached hydrogens (tertiary/aromatic N) is 1. The van der Waals surface area contributed by atoms with E-state index >= 15 is 0 Å². The minimum absolute atomic E-state index is 0.0891. The summed E-state index contributed by atoms with van der Waals surface area (Å²) in [4.78, 5) is 27.2. The van der Waals surface area contributed by atoms with E-state index in [4.69, 9.17) is 16.3 Å². The molecule has 28 heavy (non-hydrogen) atoms. The smallest absolute Gasteiger partial charge is 0.336 e. The highest BCUT2D eigenvalue weighted by Gasteiger charge is 2.37. The van der Waals surface area contributed by atoms with Crippen LogP contribution in [-0.2, 0) is 20.9 Å². The molecule has 1 amide bonds. The van der Waals surface area contributed by atoms with Crippen molar-refractivity contribution in [2.75, 3.05) is 7.11 Å². The van der Waals surface area contributed by atoms with Crippen molar-refractivity contribution in [3.8, 4) is 0 Å². The monoisotopic (exact) mass is 401 g/mol. The maximum atomic E-state index is 13.2. The third-order valence-electron chi connectivity index (χ3n) is 4.93. The number of carbonyl (C=O) groups excluding carboxylic acids is 2. The summed E-state index contributed by atoms with van der Waals surface area (Å²) in [5, 5.41) is 0.586. The van der Waals surface area contributed by atoms with Gasteiger partial charge in [-0.05, 0) is 41.8 Å². The number of carbonyl (C=O) groups is 2. The number of ether oxygens (including phenoxy) is 1. The number of esters is 1. The normalized spacial score (nSPS) is 17.1. The number of methoxy groups -OCH3 is 1. The van der Waals surface area contributed by atoms with E-state index in [1.54, 1.807) is 29.2 Å². The van der Waals surface area contributed by atoms with Crippen LogP contribution in [0.1, 0.15) is 36.8 Å². The van der Waals surface area contributed by atoms with Crippen molar-refractivity contribution in [1.82, 2.24) is 4.90 Å². The number of amides is 1. The molecule has 3 rings (SSSR count). The lowest BCUT2D eigenvalue weighted by molar-refractivity contribution is -0.138. The van der Waals surface area contributed by atoms with E-state index in [1.165, 1.54) is 19.2 Å². The zero-order valence-corrected chi connectivity index (χ0v) is 16.5.